The van der Waals surface area contributed by atoms with Crippen molar-refractivity contribution in [2.24, 2.45) is 0 Å². The van der Waals surface area contributed by atoms with Crippen LogP contribution in [0.5, 0.6) is 0 Å². The van der Waals surface area contributed by atoms with Crippen LogP contribution >= 0.6 is 42.6 Å². The summed E-state index contributed by atoms with van der Waals surface area (Å²) in [7, 11) is -10.7. The van der Waals surface area contributed by atoms with Crippen molar-refractivity contribution in [1.29, 1.82) is 0 Å². The van der Waals surface area contributed by atoms with Crippen molar-refractivity contribution in [2.45, 2.75) is 3.79 Å². The van der Waals surface area contributed by atoms with Gasteiger partial charge in [0.15, 0.2) is 12.4 Å². The summed E-state index contributed by atoms with van der Waals surface area (Å²) < 4.78 is 59.9. The predicted octanol–water partition coefficient (Wildman–Crippen LogP) is 7.79. The molecule has 0 aliphatic rings. The Kier molecular flexibility index (Phi) is 4.67. The second kappa shape index (κ2) is 5.74. The summed E-state index contributed by atoms with van der Waals surface area (Å²) in [5.74, 6) is 0. The van der Waals surface area contributed by atoms with Gasteiger partial charge in [-0.1, -0.05) is 40.9 Å². The predicted molar refractivity (Wildman–Crippen MR) is 89.9 cm³/mol. The molecule has 11 heteroatoms. The van der Waals surface area contributed by atoms with Crippen molar-refractivity contribution in [3.05, 3.63) is 60.4 Å². The molecule has 1 aromatic carbocycles. The van der Waals surface area contributed by atoms with E-state index in [-0.39, 0.29) is 0 Å². The maximum absolute atomic E-state index is 10.7. The fourth-order valence-corrected chi connectivity index (χ4v) is 2.36. The van der Waals surface area contributed by atoms with Crippen molar-refractivity contribution in [1.82, 2.24) is 0 Å². The van der Waals surface area contributed by atoms with E-state index in [9.17, 15) is 25.2 Å². The summed E-state index contributed by atoms with van der Waals surface area (Å²) in [6.45, 7) is 0. The number of hydrogen-bond acceptors (Lipinski definition) is 0. The molecule has 0 radical (unpaired) electrons. The fourth-order valence-electron chi connectivity index (χ4n) is 2.01. The van der Waals surface area contributed by atoms with Crippen LogP contribution in [-0.4, -0.2) is 0 Å². The number of halogens is 9. The van der Waals surface area contributed by atoms with Crippen LogP contribution in [0.4, 0.5) is 25.2 Å². The van der Waals surface area contributed by atoms with Gasteiger partial charge in [0.25, 0.3) is 0 Å². The molecule has 0 atom stereocenters. The van der Waals surface area contributed by atoms with E-state index in [1.165, 1.54) is 0 Å². The Labute approximate surface area is 153 Å². The fraction of sp³-hybridized carbons (Fsp3) is 0.0714. The molecule has 3 rings (SSSR count). The Hall–Kier alpha value is -1.01. The van der Waals surface area contributed by atoms with Gasteiger partial charge in [0.2, 0.25) is 9.31 Å². The SMILES string of the molecule is ClC(Cl)(Cl)c1ccc2c[n+]3ccccc3cc2c1.F[P-](F)(F)(F)(F)F. The van der Waals surface area contributed by atoms with Gasteiger partial charge in [0.1, 0.15) is 0 Å². The van der Waals surface area contributed by atoms with Gasteiger partial charge < -0.3 is 0 Å². The molecule has 0 aliphatic heterocycles. The summed E-state index contributed by atoms with van der Waals surface area (Å²) in [6, 6.07) is 13.8. The van der Waals surface area contributed by atoms with Crippen LogP contribution in [-0.2, 0) is 3.79 Å². The van der Waals surface area contributed by atoms with Gasteiger partial charge in [-0.25, -0.2) is 0 Å². The second-order valence-electron chi connectivity index (χ2n) is 5.11. The second-order valence-corrected chi connectivity index (χ2v) is 9.30. The normalized spacial score (nSPS) is 15.2. The number of rotatable bonds is 0. The molecular weight excluding hydrogens is 433 g/mol. The molecule has 1 nitrogen and oxygen atoms in total. The third kappa shape index (κ3) is 7.40. The van der Waals surface area contributed by atoms with E-state index in [0.29, 0.717) is 5.56 Å². The first-order valence-corrected chi connectivity index (χ1v) is 9.63. The van der Waals surface area contributed by atoms with E-state index in [2.05, 4.69) is 16.7 Å². The van der Waals surface area contributed by atoms with Crippen LogP contribution in [0.15, 0.2) is 54.9 Å². The number of fused-ring (bicyclic) bond motifs is 2. The molecule has 0 bridgehead atoms. The quantitative estimate of drug-likeness (QED) is 0.110. The zero-order valence-electron chi connectivity index (χ0n) is 12.0. The van der Waals surface area contributed by atoms with Gasteiger partial charge in [-0.05, 0) is 23.6 Å². The molecule has 0 fully saturated rings. The standard InChI is InChI=1S/C14H9Cl3N.F6P/c15-14(16,17)12-5-4-10-9-18-6-2-1-3-13(18)8-11(10)7-12;1-7(2,3,4,5)6/h1-9H;/q+1;-1. The van der Waals surface area contributed by atoms with Crippen LogP contribution < -0.4 is 4.40 Å². The molecule has 25 heavy (non-hydrogen) atoms. The third-order valence-corrected chi connectivity index (χ3v) is 3.57. The first-order valence-electron chi connectivity index (χ1n) is 6.46. The van der Waals surface area contributed by atoms with Crippen LogP contribution in [0.25, 0.3) is 16.3 Å². The van der Waals surface area contributed by atoms with Crippen LogP contribution in [0.2, 0.25) is 0 Å². The molecule has 0 spiro atoms. The Morgan fingerprint density at radius 1 is 0.800 bits per heavy atom. The molecule has 2 aromatic heterocycles. The molecule has 0 saturated carbocycles. The van der Waals surface area contributed by atoms with E-state index >= 15 is 0 Å². The van der Waals surface area contributed by atoms with E-state index < -0.39 is 11.6 Å². The first-order chi connectivity index (χ1) is 11.0. The van der Waals surface area contributed by atoms with Gasteiger partial charge in [-0.2, -0.15) is 4.40 Å². The van der Waals surface area contributed by atoms with Crippen LogP contribution in [0, 0.1) is 0 Å². The molecular formula is C14H9Cl3F6NP. The Morgan fingerprint density at radius 3 is 1.96 bits per heavy atom. The average Bonchev–Trinajstić information content (AvgIpc) is 2.40. The van der Waals surface area contributed by atoms with Crippen LogP contribution in [0.1, 0.15) is 5.56 Å². The Morgan fingerprint density at radius 2 is 1.40 bits per heavy atom. The van der Waals surface area contributed by atoms with E-state index in [1.807, 2.05) is 42.6 Å². The monoisotopic (exact) mass is 441 g/mol. The summed E-state index contributed by atoms with van der Waals surface area (Å²) in [5, 5.41) is 2.17. The van der Waals surface area contributed by atoms with Crippen molar-refractivity contribution < 1.29 is 29.6 Å². The third-order valence-electron chi connectivity index (χ3n) is 2.92. The van der Waals surface area contributed by atoms with Crippen molar-refractivity contribution in [2.75, 3.05) is 0 Å². The minimum absolute atomic E-state index is 0.681. The summed E-state index contributed by atoms with van der Waals surface area (Å²) in [6.07, 6.45) is 4.07. The van der Waals surface area contributed by atoms with Gasteiger partial charge in [0.05, 0.1) is 0 Å². The van der Waals surface area contributed by atoms with Crippen molar-refractivity contribution in [3.63, 3.8) is 0 Å². The Balaban J connectivity index is 0.000000277. The van der Waals surface area contributed by atoms with Crippen LogP contribution in [0.3, 0.4) is 0 Å². The number of aromatic nitrogens is 1. The number of hydrogen-bond donors (Lipinski definition) is 0. The molecule has 0 unspecified atom stereocenters. The molecule has 138 valence electrons. The maximum atomic E-state index is 9.87. The minimum atomic E-state index is -10.7. The number of benzene rings is 1. The molecule has 0 saturated heterocycles. The number of pyridine rings is 2. The molecule has 3 aromatic rings. The van der Waals surface area contributed by atoms with Gasteiger partial charge >= 0.3 is 33.0 Å². The zero-order valence-corrected chi connectivity index (χ0v) is 15.2. The molecule has 0 aliphatic carbocycles. The Bertz CT molecular complexity index is 927. The van der Waals surface area contributed by atoms with Crippen molar-refractivity contribution in [3.8, 4) is 0 Å². The van der Waals surface area contributed by atoms with Gasteiger partial charge in [-0.3, -0.25) is 0 Å². The van der Waals surface area contributed by atoms with E-state index in [0.717, 1.165) is 16.3 Å². The zero-order chi connectivity index (χ0) is 19.2. The topological polar surface area (TPSA) is 4.10 Å². The van der Waals surface area contributed by atoms with Gasteiger partial charge in [0, 0.05) is 29.1 Å². The number of alkyl halides is 3. The summed E-state index contributed by atoms with van der Waals surface area (Å²) in [5.41, 5.74) is 1.78. The molecule has 0 amide bonds. The molecule has 0 N–H and O–H groups in total. The van der Waals surface area contributed by atoms with Crippen molar-refractivity contribution >= 4 is 58.9 Å². The average molecular weight is 443 g/mol. The molecule has 2 heterocycles. The van der Waals surface area contributed by atoms with E-state index in [4.69, 9.17) is 34.8 Å². The summed E-state index contributed by atoms with van der Waals surface area (Å²) in [4.78, 5) is 0. The summed E-state index contributed by atoms with van der Waals surface area (Å²) >= 11 is 17.7. The number of nitrogens with zero attached hydrogens (tertiary/aromatic N) is 1. The van der Waals surface area contributed by atoms with E-state index in [1.54, 1.807) is 0 Å². The van der Waals surface area contributed by atoms with Gasteiger partial charge in [-0.15, -0.1) is 0 Å². The first kappa shape index (κ1) is 20.3.